The van der Waals surface area contributed by atoms with Gasteiger partial charge in [0.2, 0.25) is 0 Å². The van der Waals surface area contributed by atoms with Crippen LogP contribution in [0.4, 0.5) is 4.79 Å². The van der Waals surface area contributed by atoms with E-state index in [4.69, 9.17) is 27.9 Å². The van der Waals surface area contributed by atoms with Crippen molar-refractivity contribution in [3.05, 3.63) is 33.8 Å². The van der Waals surface area contributed by atoms with Crippen LogP contribution in [0.1, 0.15) is 18.5 Å². The third kappa shape index (κ3) is 2.19. The van der Waals surface area contributed by atoms with Crippen LogP contribution in [0.15, 0.2) is 18.2 Å². The summed E-state index contributed by atoms with van der Waals surface area (Å²) in [5.74, 6) is 0. The molecule has 0 spiro atoms. The number of cyclic esters (lactones) is 1. The molecular weight excluding hydrogens is 237 g/mol. The largest absolute Gasteiger partial charge is 0.444 e. The monoisotopic (exact) mass is 245 g/mol. The quantitative estimate of drug-likeness (QED) is 0.826. The van der Waals surface area contributed by atoms with Crippen molar-refractivity contribution in [1.82, 2.24) is 5.32 Å². The van der Waals surface area contributed by atoms with Crippen LogP contribution in [-0.4, -0.2) is 12.2 Å². The lowest BCUT2D eigenvalue weighted by Gasteiger charge is -2.13. The average Bonchev–Trinajstić information content (AvgIpc) is 2.43. The van der Waals surface area contributed by atoms with Gasteiger partial charge in [-0.1, -0.05) is 23.2 Å². The molecule has 1 aromatic carbocycles. The van der Waals surface area contributed by atoms with Crippen LogP contribution < -0.4 is 5.32 Å². The van der Waals surface area contributed by atoms with Gasteiger partial charge in [-0.15, -0.1) is 0 Å². The van der Waals surface area contributed by atoms with Gasteiger partial charge < -0.3 is 10.1 Å². The number of rotatable bonds is 1. The van der Waals surface area contributed by atoms with Crippen LogP contribution in [0.5, 0.6) is 0 Å². The molecule has 5 heteroatoms. The number of benzene rings is 1. The molecule has 80 valence electrons. The highest BCUT2D eigenvalue weighted by molar-refractivity contribution is 6.34. The predicted octanol–water partition coefficient (Wildman–Crippen LogP) is 3.16. The summed E-state index contributed by atoms with van der Waals surface area (Å²) in [6.07, 6.45) is -0.629. The first-order chi connectivity index (χ1) is 7.06. The van der Waals surface area contributed by atoms with Gasteiger partial charge in [-0.25, -0.2) is 4.79 Å². The molecule has 2 atom stereocenters. The number of carbonyl (C=O) groups is 1. The molecule has 1 aliphatic rings. The Kier molecular flexibility index (Phi) is 2.76. The number of hydrogen-bond donors (Lipinski definition) is 1. The van der Waals surface area contributed by atoms with Crippen LogP contribution >= 0.6 is 23.2 Å². The van der Waals surface area contributed by atoms with Crippen molar-refractivity contribution in [3.63, 3.8) is 0 Å². The lowest BCUT2D eigenvalue weighted by atomic mass is 10.0. The Morgan fingerprint density at radius 2 is 1.87 bits per heavy atom. The van der Waals surface area contributed by atoms with Gasteiger partial charge in [-0.3, -0.25) is 0 Å². The number of nitrogens with one attached hydrogen (secondary N) is 1. The Hall–Kier alpha value is -0.930. The zero-order chi connectivity index (χ0) is 11.0. The normalized spacial score (nSPS) is 24.9. The Labute approximate surface area is 97.3 Å². The number of ether oxygens (including phenoxy) is 1. The summed E-state index contributed by atoms with van der Waals surface area (Å²) in [6.45, 7) is 1.82. The van der Waals surface area contributed by atoms with E-state index < -0.39 is 6.09 Å². The van der Waals surface area contributed by atoms with E-state index in [9.17, 15) is 4.79 Å². The van der Waals surface area contributed by atoms with Gasteiger partial charge >= 0.3 is 6.09 Å². The van der Waals surface area contributed by atoms with E-state index in [0.717, 1.165) is 5.56 Å². The van der Waals surface area contributed by atoms with E-state index in [1.165, 1.54) is 0 Å². The number of alkyl carbamates (subject to hydrolysis) is 1. The van der Waals surface area contributed by atoms with Crippen molar-refractivity contribution in [1.29, 1.82) is 0 Å². The van der Waals surface area contributed by atoms with Crippen LogP contribution in [0.2, 0.25) is 10.0 Å². The maximum absolute atomic E-state index is 11.0. The Bertz CT molecular complexity index is 388. The molecule has 1 N–H and O–H groups in total. The molecule has 0 saturated carbocycles. The number of hydrogen-bond acceptors (Lipinski definition) is 2. The minimum atomic E-state index is -0.413. The summed E-state index contributed by atoms with van der Waals surface area (Å²) >= 11 is 11.7. The number of halogens is 2. The summed E-state index contributed by atoms with van der Waals surface area (Å²) in [4.78, 5) is 11.0. The average molecular weight is 246 g/mol. The van der Waals surface area contributed by atoms with Crippen molar-refractivity contribution < 1.29 is 9.53 Å². The Morgan fingerprint density at radius 3 is 2.33 bits per heavy atom. The van der Waals surface area contributed by atoms with Gasteiger partial charge in [-0.05, 0) is 30.7 Å². The summed E-state index contributed by atoms with van der Waals surface area (Å²) in [6, 6.07) is 5.00. The van der Waals surface area contributed by atoms with Crippen LogP contribution in [0.3, 0.4) is 0 Å². The summed E-state index contributed by atoms with van der Waals surface area (Å²) in [5.41, 5.74) is 0.853. The zero-order valence-electron chi connectivity index (χ0n) is 7.96. The van der Waals surface area contributed by atoms with E-state index in [0.29, 0.717) is 10.0 Å². The summed E-state index contributed by atoms with van der Waals surface area (Å²) < 4.78 is 4.97. The standard InChI is InChI=1S/C10H9Cl2NO2/c1-5-9(13-10(14)15-5)6-2-7(11)4-8(12)3-6/h2-5,9H,1H3,(H,13,14). The van der Waals surface area contributed by atoms with Gasteiger partial charge in [0.05, 0.1) is 6.04 Å². The first-order valence-corrected chi connectivity index (χ1v) is 5.25. The van der Waals surface area contributed by atoms with Crippen LogP contribution in [0, 0.1) is 0 Å². The molecule has 2 rings (SSSR count). The van der Waals surface area contributed by atoms with Crippen LogP contribution in [-0.2, 0) is 4.74 Å². The lowest BCUT2D eigenvalue weighted by molar-refractivity contribution is 0.141. The fourth-order valence-corrected chi connectivity index (χ4v) is 2.17. The van der Waals surface area contributed by atoms with E-state index in [2.05, 4.69) is 5.32 Å². The predicted molar refractivity (Wildman–Crippen MR) is 58.3 cm³/mol. The smallest absolute Gasteiger partial charge is 0.408 e. The third-order valence-corrected chi connectivity index (χ3v) is 2.72. The maximum atomic E-state index is 11.0. The first-order valence-electron chi connectivity index (χ1n) is 4.49. The summed E-state index contributed by atoms with van der Waals surface area (Å²) in [5, 5.41) is 3.79. The molecule has 1 aromatic rings. The fourth-order valence-electron chi connectivity index (χ4n) is 1.62. The summed E-state index contributed by atoms with van der Waals surface area (Å²) in [7, 11) is 0. The molecule has 0 aromatic heterocycles. The van der Waals surface area contributed by atoms with Gasteiger partial charge in [0.25, 0.3) is 0 Å². The molecule has 1 amide bonds. The highest BCUT2D eigenvalue weighted by atomic mass is 35.5. The van der Waals surface area contributed by atoms with Crippen molar-refractivity contribution in [3.8, 4) is 0 Å². The first kappa shape index (κ1) is 10.6. The van der Waals surface area contributed by atoms with Crippen molar-refractivity contribution in [2.45, 2.75) is 19.1 Å². The van der Waals surface area contributed by atoms with Gasteiger partial charge in [0, 0.05) is 10.0 Å². The molecule has 3 nitrogen and oxygen atoms in total. The second-order valence-corrected chi connectivity index (χ2v) is 4.31. The molecule has 1 saturated heterocycles. The number of carbonyl (C=O) groups excluding carboxylic acids is 1. The molecule has 15 heavy (non-hydrogen) atoms. The van der Waals surface area contributed by atoms with Crippen molar-refractivity contribution >= 4 is 29.3 Å². The zero-order valence-corrected chi connectivity index (χ0v) is 9.47. The van der Waals surface area contributed by atoms with Crippen LogP contribution in [0.25, 0.3) is 0 Å². The third-order valence-electron chi connectivity index (χ3n) is 2.28. The Morgan fingerprint density at radius 1 is 1.27 bits per heavy atom. The maximum Gasteiger partial charge on any atom is 0.408 e. The van der Waals surface area contributed by atoms with Gasteiger partial charge in [0.1, 0.15) is 6.10 Å². The minimum absolute atomic E-state index is 0.186. The lowest BCUT2D eigenvalue weighted by Crippen LogP contribution is -2.20. The molecule has 1 heterocycles. The van der Waals surface area contributed by atoms with Crippen molar-refractivity contribution in [2.75, 3.05) is 0 Å². The van der Waals surface area contributed by atoms with Crippen molar-refractivity contribution in [2.24, 2.45) is 0 Å². The Balaban J connectivity index is 2.33. The minimum Gasteiger partial charge on any atom is -0.444 e. The van der Waals surface area contributed by atoms with E-state index >= 15 is 0 Å². The van der Waals surface area contributed by atoms with Gasteiger partial charge in [0.15, 0.2) is 0 Å². The molecule has 1 fully saturated rings. The van der Waals surface area contributed by atoms with E-state index in [1.54, 1.807) is 18.2 Å². The molecule has 0 radical (unpaired) electrons. The molecule has 0 bridgehead atoms. The topological polar surface area (TPSA) is 38.3 Å². The molecule has 1 aliphatic heterocycles. The highest BCUT2D eigenvalue weighted by Crippen LogP contribution is 2.29. The SMILES string of the molecule is CC1OC(=O)NC1c1cc(Cl)cc(Cl)c1. The second-order valence-electron chi connectivity index (χ2n) is 3.44. The molecular formula is C10H9Cl2NO2. The van der Waals surface area contributed by atoms with E-state index in [-0.39, 0.29) is 12.1 Å². The highest BCUT2D eigenvalue weighted by Gasteiger charge is 2.31. The number of amides is 1. The second kappa shape index (κ2) is 3.91. The molecule has 0 aliphatic carbocycles. The van der Waals surface area contributed by atoms with Gasteiger partial charge in [-0.2, -0.15) is 0 Å². The fraction of sp³-hybridized carbons (Fsp3) is 0.300. The molecule has 2 unspecified atom stereocenters. The van der Waals surface area contributed by atoms with E-state index in [1.807, 2.05) is 6.92 Å².